The summed E-state index contributed by atoms with van der Waals surface area (Å²) in [4.78, 5) is 36.4. The first kappa shape index (κ1) is 22.5. The molecule has 1 amide bonds. The van der Waals surface area contributed by atoms with Gasteiger partial charge in [0.25, 0.3) is 5.91 Å². The predicted octanol–water partition coefficient (Wildman–Crippen LogP) is 2.60. The maximum absolute atomic E-state index is 12.5. The van der Waals surface area contributed by atoms with Gasteiger partial charge < -0.3 is 29.0 Å². The number of anilines is 1. The quantitative estimate of drug-likeness (QED) is 0.653. The fraction of sp³-hybridized carbons (Fsp3) is 0.286. The maximum atomic E-state index is 12.5. The molecule has 0 radical (unpaired) electrons. The van der Waals surface area contributed by atoms with Gasteiger partial charge in [-0.3, -0.25) is 4.79 Å². The first-order chi connectivity index (χ1) is 14.4. The minimum atomic E-state index is -0.775. The summed E-state index contributed by atoms with van der Waals surface area (Å²) < 4.78 is 25.4. The van der Waals surface area contributed by atoms with E-state index in [0.717, 1.165) is 5.56 Å². The van der Waals surface area contributed by atoms with Gasteiger partial charge in [0, 0.05) is 5.69 Å². The second-order valence-corrected chi connectivity index (χ2v) is 6.03. The number of carbonyl (C=O) groups excluding carboxylic acids is 3. The number of amides is 1. The average Bonchev–Trinajstić information content (AvgIpc) is 2.76. The Hall–Kier alpha value is -3.75. The topological polar surface area (TPSA) is 109 Å². The summed E-state index contributed by atoms with van der Waals surface area (Å²) in [6, 6.07) is 7.71. The minimum Gasteiger partial charge on any atom is -0.493 e. The molecule has 0 aliphatic carbocycles. The standard InChI is InChI=1S/C21H23NO8/c1-12-6-7-13(20(24)29-5)10-15(12)22-17(23)11-30-21(25)14-8-9-16(26-2)19(28-4)18(14)27-3/h6-10H,11H2,1-5H3,(H,22,23). The van der Waals surface area contributed by atoms with Crippen LogP contribution in [0.25, 0.3) is 0 Å². The van der Waals surface area contributed by atoms with Crippen molar-refractivity contribution >= 4 is 23.5 Å². The van der Waals surface area contributed by atoms with Crippen LogP contribution in [-0.4, -0.2) is 52.9 Å². The normalized spacial score (nSPS) is 10.0. The highest BCUT2D eigenvalue weighted by Gasteiger charge is 2.22. The third kappa shape index (κ3) is 4.99. The van der Waals surface area contributed by atoms with Gasteiger partial charge in [0.05, 0.1) is 34.0 Å². The number of hydrogen-bond acceptors (Lipinski definition) is 8. The Morgan fingerprint density at radius 1 is 0.867 bits per heavy atom. The summed E-state index contributed by atoms with van der Waals surface area (Å²) in [5.74, 6) is -1.14. The smallest absolute Gasteiger partial charge is 0.342 e. The Balaban J connectivity index is 2.10. The highest BCUT2D eigenvalue weighted by Crippen LogP contribution is 2.39. The average molecular weight is 417 g/mol. The lowest BCUT2D eigenvalue weighted by molar-refractivity contribution is -0.119. The number of benzene rings is 2. The fourth-order valence-corrected chi connectivity index (χ4v) is 2.66. The van der Waals surface area contributed by atoms with Gasteiger partial charge in [0.2, 0.25) is 5.75 Å². The minimum absolute atomic E-state index is 0.0758. The van der Waals surface area contributed by atoms with Crippen molar-refractivity contribution in [3.63, 3.8) is 0 Å². The van der Waals surface area contributed by atoms with Crippen molar-refractivity contribution in [2.75, 3.05) is 40.4 Å². The molecular weight excluding hydrogens is 394 g/mol. The van der Waals surface area contributed by atoms with Crippen molar-refractivity contribution < 1.29 is 38.1 Å². The lowest BCUT2D eigenvalue weighted by atomic mass is 10.1. The van der Waals surface area contributed by atoms with Crippen molar-refractivity contribution in [2.45, 2.75) is 6.92 Å². The molecule has 0 unspecified atom stereocenters. The molecule has 0 aromatic heterocycles. The molecule has 0 aliphatic rings. The zero-order chi connectivity index (χ0) is 22.3. The van der Waals surface area contributed by atoms with E-state index in [-0.39, 0.29) is 22.6 Å². The van der Waals surface area contributed by atoms with Crippen LogP contribution in [0, 0.1) is 6.92 Å². The first-order valence-electron chi connectivity index (χ1n) is 8.81. The molecule has 0 fully saturated rings. The molecule has 0 heterocycles. The predicted molar refractivity (Wildman–Crippen MR) is 108 cm³/mol. The van der Waals surface area contributed by atoms with Crippen LogP contribution in [0.3, 0.4) is 0 Å². The van der Waals surface area contributed by atoms with E-state index in [2.05, 4.69) is 10.1 Å². The third-order valence-electron chi connectivity index (χ3n) is 4.19. The van der Waals surface area contributed by atoms with Crippen LogP contribution in [0.5, 0.6) is 17.2 Å². The molecule has 1 N–H and O–H groups in total. The van der Waals surface area contributed by atoms with Gasteiger partial charge in [-0.1, -0.05) is 6.07 Å². The van der Waals surface area contributed by atoms with Gasteiger partial charge in [-0.25, -0.2) is 9.59 Å². The second-order valence-electron chi connectivity index (χ2n) is 6.03. The molecule has 0 saturated carbocycles. The summed E-state index contributed by atoms with van der Waals surface area (Å²) in [5.41, 5.74) is 1.49. The monoisotopic (exact) mass is 417 g/mol. The van der Waals surface area contributed by atoms with Crippen LogP contribution in [-0.2, 0) is 14.3 Å². The van der Waals surface area contributed by atoms with Gasteiger partial charge in [0.15, 0.2) is 18.1 Å². The Morgan fingerprint density at radius 2 is 1.57 bits per heavy atom. The molecule has 9 heteroatoms. The molecule has 30 heavy (non-hydrogen) atoms. The number of nitrogens with one attached hydrogen (secondary N) is 1. The molecule has 2 aromatic rings. The molecule has 0 saturated heterocycles. The van der Waals surface area contributed by atoms with Gasteiger partial charge >= 0.3 is 11.9 Å². The highest BCUT2D eigenvalue weighted by molar-refractivity contribution is 5.99. The van der Waals surface area contributed by atoms with Crippen LogP contribution in [0.1, 0.15) is 26.3 Å². The number of ether oxygens (including phenoxy) is 5. The number of aryl methyl sites for hydroxylation is 1. The lowest BCUT2D eigenvalue weighted by Crippen LogP contribution is -2.22. The van der Waals surface area contributed by atoms with E-state index in [1.807, 2.05) is 0 Å². The van der Waals surface area contributed by atoms with Crippen LogP contribution in [0.15, 0.2) is 30.3 Å². The highest BCUT2D eigenvalue weighted by atomic mass is 16.5. The van der Waals surface area contributed by atoms with Crippen molar-refractivity contribution in [1.82, 2.24) is 0 Å². The van der Waals surface area contributed by atoms with Crippen LogP contribution >= 0.6 is 0 Å². The van der Waals surface area contributed by atoms with Gasteiger partial charge in [0.1, 0.15) is 5.56 Å². The third-order valence-corrected chi connectivity index (χ3v) is 4.19. The molecule has 2 aromatic carbocycles. The van der Waals surface area contributed by atoms with E-state index in [9.17, 15) is 14.4 Å². The number of methoxy groups -OCH3 is 4. The van der Waals surface area contributed by atoms with Crippen molar-refractivity contribution in [2.24, 2.45) is 0 Å². The summed E-state index contributed by atoms with van der Waals surface area (Å²) in [7, 11) is 5.50. The Kier molecular flexibility index (Phi) is 7.62. The van der Waals surface area contributed by atoms with Gasteiger partial charge in [-0.15, -0.1) is 0 Å². The van der Waals surface area contributed by atoms with E-state index in [4.69, 9.17) is 18.9 Å². The fourth-order valence-electron chi connectivity index (χ4n) is 2.66. The molecule has 0 aliphatic heterocycles. The van der Waals surface area contributed by atoms with Gasteiger partial charge in [-0.2, -0.15) is 0 Å². The van der Waals surface area contributed by atoms with Crippen LogP contribution in [0.2, 0.25) is 0 Å². The van der Waals surface area contributed by atoms with Crippen molar-refractivity contribution in [3.05, 3.63) is 47.0 Å². The summed E-state index contributed by atoms with van der Waals surface area (Å²) in [6.07, 6.45) is 0. The Bertz CT molecular complexity index is 954. The van der Waals surface area contributed by atoms with E-state index in [1.165, 1.54) is 46.6 Å². The van der Waals surface area contributed by atoms with Crippen LogP contribution < -0.4 is 19.5 Å². The summed E-state index contributed by atoms with van der Waals surface area (Å²) in [5, 5.41) is 2.61. The second kappa shape index (κ2) is 10.1. The molecule has 160 valence electrons. The Labute approximate surface area is 173 Å². The zero-order valence-electron chi connectivity index (χ0n) is 17.4. The van der Waals surface area contributed by atoms with E-state index in [1.54, 1.807) is 19.1 Å². The molecule has 2 rings (SSSR count). The van der Waals surface area contributed by atoms with E-state index >= 15 is 0 Å². The molecular formula is C21H23NO8. The van der Waals surface area contributed by atoms with Crippen molar-refractivity contribution in [3.8, 4) is 17.2 Å². The molecule has 0 atom stereocenters. The maximum Gasteiger partial charge on any atom is 0.342 e. The molecule has 0 bridgehead atoms. The zero-order valence-corrected chi connectivity index (χ0v) is 17.4. The molecule has 9 nitrogen and oxygen atoms in total. The van der Waals surface area contributed by atoms with Gasteiger partial charge in [-0.05, 0) is 36.8 Å². The summed E-state index contributed by atoms with van der Waals surface area (Å²) >= 11 is 0. The SMILES string of the molecule is COC(=O)c1ccc(C)c(NC(=O)COC(=O)c2ccc(OC)c(OC)c2OC)c1. The molecule has 0 spiro atoms. The number of carbonyl (C=O) groups is 3. The van der Waals surface area contributed by atoms with E-state index < -0.39 is 24.5 Å². The summed E-state index contributed by atoms with van der Waals surface area (Å²) in [6.45, 7) is 1.22. The van der Waals surface area contributed by atoms with E-state index in [0.29, 0.717) is 11.4 Å². The number of rotatable bonds is 8. The Morgan fingerprint density at radius 3 is 2.17 bits per heavy atom. The number of hydrogen-bond donors (Lipinski definition) is 1. The largest absolute Gasteiger partial charge is 0.493 e. The number of esters is 2. The van der Waals surface area contributed by atoms with Crippen molar-refractivity contribution in [1.29, 1.82) is 0 Å². The van der Waals surface area contributed by atoms with Crippen LogP contribution in [0.4, 0.5) is 5.69 Å². The first-order valence-corrected chi connectivity index (χ1v) is 8.81. The lowest BCUT2D eigenvalue weighted by Gasteiger charge is -2.15.